The monoisotopic (exact) mass is 286 g/mol. The van der Waals surface area contributed by atoms with Gasteiger partial charge in [-0.15, -0.1) is 0 Å². The van der Waals surface area contributed by atoms with E-state index in [0.29, 0.717) is 17.0 Å². The fourth-order valence-electron chi connectivity index (χ4n) is 1.87. The van der Waals surface area contributed by atoms with Crippen molar-refractivity contribution in [2.45, 2.75) is 13.8 Å². The first-order valence-electron chi connectivity index (χ1n) is 6.38. The van der Waals surface area contributed by atoms with Gasteiger partial charge in [-0.05, 0) is 43.2 Å². The maximum atomic E-state index is 13.9. The molecule has 0 atom stereocenters. The first-order valence-corrected chi connectivity index (χ1v) is 6.38. The van der Waals surface area contributed by atoms with Gasteiger partial charge in [-0.1, -0.05) is 29.4 Å². The molecule has 2 rings (SSSR count). The van der Waals surface area contributed by atoms with Crippen LogP contribution < -0.4 is 5.32 Å². The number of halogens is 1. The predicted molar refractivity (Wildman–Crippen MR) is 79.5 cm³/mol. The minimum absolute atomic E-state index is 0.00665. The second-order valence-corrected chi connectivity index (χ2v) is 4.65. The number of amides is 1. The minimum Gasteiger partial charge on any atom is -0.411 e. The highest BCUT2D eigenvalue weighted by Crippen LogP contribution is 2.15. The molecule has 108 valence electrons. The van der Waals surface area contributed by atoms with Gasteiger partial charge in [0.25, 0.3) is 5.91 Å². The number of carbonyl (C=O) groups excluding carboxylic acids is 1. The number of benzene rings is 2. The largest absolute Gasteiger partial charge is 0.411 e. The molecule has 0 heterocycles. The Morgan fingerprint density at radius 2 is 1.86 bits per heavy atom. The van der Waals surface area contributed by atoms with E-state index >= 15 is 0 Å². The molecule has 0 aliphatic rings. The number of hydrogen-bond acceptors (Lipinski definition) is 3. The second kappa shape index (κ2) is 6.17. The predicted octanol–water partition coefficient (Wildman–Crippen LogP) is 3.58. The molecule has 21 heavy (non-hydrogen) atoms. The van der Waals surface area contributed by atoms with Gasteiger partial charge in [0, 0.05) is 5.69 Å². The van der Waals surface area contributed by atoms with Crippen LogP contribution in [0.5, 0.6) is 0 Å². The average Bonchev–Trinajstić information content (AvgIpc) is 2.50. The average molecular weight is 286 g/mol. The SMILES string of the molecule is C/C(=N/O)c1ccc(NC(=O)c2cccc(C)c2F)cc1. The van der Waals surface area contributed by atoms with E-state index in [2.05, 4.69) is 10.5 Å². The summed E-state index contributed by atoms with van der Waals surface area (Å²) in [5.74, 6) is -1.02. The molecule has 0 saturated carbocycles. The van der Waals surface area contributed by atoms with E-state index in [1.54, 1.807) is 50.2 Å². The Morgan fingerprint density at radius 1 is 1.19 bits per heavy atom. The first-order chi connectivity index (χ1) is 10.0. The van der Waals surface area contributed by atoms with Crippen LogP contribution in [0.3, 0.4) is 0 Å². The Labute approximate surface area is 121 Å². The van der Waals surface area contributed by atoms with E-state index in [-0.39, 0.29) is 5.56 Å². The van der Waals surface area contributed by atoms with Crippen LogP contribution >= 0.6 is 0 Å². The Morgan fingerprint density at radius 3 is 2.48 bits per heavy atom. The molecule has 0 spiro atoms. The van der Waals surface area contributed by atoms with Crippen molar-refractivity contribution in [3.05, 3.63) is 65.0 Å². The van der Waals surface area contributed by atoms with Crippen molar-refractivity contribution >= 4 is 17.3 Å². The van der Waals surface area contributed by atoms with Gasteiger partial charge in [0.1, 0.15) is 5.82 Å². The Kier molecular flexibility index (Phi) is 4.33. The number of carbonyl (C=O) groups is 1. The van der Waals surface area contributed by atoms with Crippen molar-refractivity contribution in [3.63, 3.8) is 0 Å². The summed E-state index contributed by atoms with van der Waals surface area (Å²) < 4.78 is 13.9. The zero-order chi connectivity index (χ0) is 15.4. The molecule has 0 bridgehead atoms. The minimum atomic E-state index is -0.519. The summed E-state index contributed by atoms with van der Waals surface area (Å²) in [6, 6.07) is 11.4. The van der Waals surface area contributed by atoms with Crippen LogP contribution in [0.1, 0.15) is 28.4 Å². The molecule has 4 nitrogen and oxygen atoms in total. The van der Waals surface area contributed by atoms with Crippen LogP contribution in [-0.4, -0.2) is 16.8 Å². The van der Waals surface area contributed by atoms with E-state index in [4.69, 9.17) is 5.21 Å². The van der Waals surface area contributed by atoms with Gasteiger partial charge in [-0.2, -0.15) is 0 Å². The first kappa shape index (κ1) is 14.7. The Hall–Kier alpha value is -2.69. The quantitative estimate of drug-likeness (QED) is 0.514. The lowest BCUT2D eigenvalue weighted by atomic mass is 10.1. The van der Waals surface area contributed by atoms with E-state index in [0.717, 1.165) is 5.56 Å². The summed E-state index contributed by atoms with van der Waals surface area (Å²) in [5, 5.41) is 14.4. The van der Waals surface area contributed by atoms with E-state index in [1.165, 1.54) is 6.07 Å². The highest BCUT2D eigenvalue weighted by atomic mass is 19.1. The molecular formula is C16H15FN2O2. The Balaban J connectivity index is 2.18. The van der Waals surface area contributed by atoms with Gasteiger partial charge in [0.05, 0.1) is 11.3 Å². The number of oxime groups is 1. The summed E-state index contributed by atoms with van der Waals surface area (Å²) in [4.78, 5) is 12.0. The summed E-state index contributed by atoms with van der Waals surface area (Å²) in [6.45, 7) is 3.27. The number of hydrogen-bond donors (Lipinski definition) is 2. The number of nitrogens with zero attached hydrogens (tertiary/aromatic N) is 1. The fourth-order valence-corrected chi connectivity index (χ4v) is 1.87. The van der Waals surface area contributed by atoms with Crippen LogP contribution in [0.25, 0.3) is 0 Å². The standard InChI is InChI=1S/C16H15FN2O2/c1-10-4-3-5-14(15(10)17)16(20)18-13-8-6-12(7-9-13)11(2)19-21/h3-9,21H,1-2H3,(H,18,20)/b19-11-. The van der Waals surface area contributed by atoms with Gasteiger partial charge >= 0.3 is 0 Å². The summed E-state index contributed by atoms with van der Waals surface area (Å²) in [7, 11) is 0. The molecule has 0 aliphatic carbocycles. The van der Waals surface area contributed by atoms with E-state index < -0.39 is 11.7 Å². The zero-order valence-corrected chi connectivity index (χ0v) is 11.7. The van der Waals surface area contributed by atoms with Gasteiger partial charge in [-0.25, -0.2) is 4.39 Å². The van der Waals surface area contributed by atoms with Crippen LogP contribution in [0, 0.1) is 12.7 Å². The Bertz CT molecular complexity index is 694. The zero-order valence-electron chi connectivity index (χ0n) is 11.7. The van der Waals surface area contributed by atoms with Gasteiger partial charge < -0.3 is 10.5 Å². The number of nitrogens with one attached hydrogen (secondary N) is 1. The lowest BCUT2D eigenvalue weighted by Crippen LogP contribution is -2.14. The molecule has 0 fully saturated rings. The number of anilines is 1. The summed E-state index contributed by atoms with van der Waals surface area (Å²) >= 11 is 0. The van der Waals surface area contributed by atoms with Crippen LogP contribution in [0.15, 0.2) is 47.6 Å². The molecule has 2 aromatic carbocycles. The van der Waals surface area contributed by atoms with Crippen molar-refractivity contribution in [3.8, 4) is 0 Å². The van der Waals surface area contributed by atoms with E-state index in [1.807, 2.05) is 0 Å². The maximum absolute atomic E-state index is 13.9. The second-order valence-electron chi connectivity index (χ2n) is 4.65. The third-order valence-electron chi connectivity index (χ3n) is 3.15. The van der Waals surface area contributed by atoms with E-state index in [9.17, 15) is 9.18 Å². The van der Waals surface area contributed by atoms with Crippen molar-refractivity contribution in [2.75, 3.05) is 5.32 Å². The van der Waals surface area contributed by atoms with Crippen LogP contribution in [0.2, 0.25) is 0 Å². The maximum Gasteiger partial charge on any atom is 0.258 e. The summed E-state index contributed by atoms with van der Waals surface area (Å²) in [5.41, 5.74) is 2.17. The molecule has 0 aromatic heterocycles. The van der Waals surface area contributed by atoms with Crippen molar-refractivity contribution in [1.29, 1.82) is 0 Å². The van der Waals surface area contributed by atoms with Crippen molar-refractivity contribution in [1.82, 2.24) is 0 Å². The normalized spacial score (nSPS) is 11.3. The van der Waals surface area contributed by atoms with Gasteiger partial charge in [-0.3, -0.25) is 4.79 Å². The molecule has 0 aliphatic heterocycles. The fraction of sp³-hybridized carbons (Fsp3) is 0.125. The topological polar surface area (TPSA) is 61.7 Å². The molecule has 0 unspecified atom stereocenters. The lowest BCUT2D eigenvalue weighted by molar-refractivity contribution is 0.102. The smallest absolute Gasteiger partial charge is 0.258 e. The lowest BCUT2D eigenvalue weighted by Gasteiger charge is -2.08. The van der Waals surface area contributed by atoms with Crippen LogP contribution in [0.4, 0.5) is 10.1 Å². The molecule has 0 saturated heterocycles. The molecule has 5 heteroatoms. The highest BCUT2D eigenvalue weighted by molar-refractivity contribution is 6.05. The third kappa shape index (κ3) is 3.25. The third-order valence-corrected chi connectivity index (χ3v) is 3.15. The number of aryl methyl sites for hydroxylation is 1. The number of rotatable bonds is 3. The van der Waals surface area contributed by atoms with Gasteiger partial charge in [0.2, 0.25) is 0 Å². The highest BCUT2D eigenvalue weighted by Gasteiger charge is 2.13. The molecule has 2 aromatic rings. The van der Waals surface area contributed by atoms with Crippen LogP contribution in [-0.2, 0) is 0 Å². The molecule has 0 radical (unpaired) electrons. The summed E-state index contributed by atoms with van der Waals surface area (Å²) in [6.07, 6.45) is 0. The van der Waals surface area contributed by atoms with Gasteiger partial charge in [0.15, 0.2) is 0 Å². The molecular weight excluding hydrogens is 271 g/mol. The molecule has 2 N–H and O–H groups in total. The van der Waals surface area contributed by atoms with Crippen molar-refractivity contribution in [2.24, 2.45) is 5.16 Å². The van der Waals surface area contributed by atoms with Crippen molar-refractivity contribution < 1.29 is 14.4 Å². The molecule has 1 amide bonds.